The van der Waals surface area contributed by atoms with Crippen LogP contribution in [0.4, 0.5) is 0 Å². The Bertz CT molecular complexity index is 623. The van der Waals surface area contributed by atoms with Crippen molar-refractivity contribution in [3.63, 3.8) is 0 Å². The average molecular weight is 257 g/mol. The fourth-order valence-corrected chi connectivity index (χ4v) is 1.43. The van der Waals surface area contributed by atoms with E-state index in [1.54, 1.807) is 30.3 Å². The Kier molecular flexibility index (Phi) is 3.78. The lowest BCUT2D eigenvalue weighted by Gasteiger charge is -2.08. The van der Waals surface area contributed by atoms with E-state index in [1.807, 2.05) is 6.07 Å². The summed E-state index contributed by atoms with van der Waals surface area (Å²) in [4.78, 5) is 0. The van der Waals surface area contributed by atoms with Gasteiger partial charge in [0.25, 0.3) is 5.88 Å². The summed E-state index contributed by atoms with van der Waals surface area (Å²) in [7, 11) is 2.98. The van der Waals surface area contributed by atoms with Crippen molar-refractivity contribution in [3.05, 3.63) is 35.9 Å². The second kappa shape index (κ2) is 5.69. The van der Waals surface area contributed by atoms with Gasteiger partial charge < -0.3 is 14.2 Å². The van der Waals surface area contributed by atoms with E-state index in [4.69, 9.17) is 19.5 Å². The number of nitriles is 1. The van der Waals surface area contributed by atoms with E-state index in [0.717, 1.165) is 0 Å². The van der Waals surface area contributed by atoms with Crippen LogP contribution in [0.5, 0.6) is 23.3 Å². The Morgan fingerprint density at radius 3 is 2.63 bits per heavy atom. The van der Waals surface area contributed by atoms with Crippen LogP contribution in [-0.2, 0) is 0 Å². The lowest BCUT2D eigenvalue weighted by Crippen LogP contribution is -1.97. The van der Waals surface area contributed by atoms with Crippen LogP contribution in [0.25, 0.3) is 0 Å². The van der Waals surface area contributed by atoms with Crippen molar-refractivity contribution in [2.24, 2.45) is 0 Å². The molecule has 0 aliphatic rings. The quantitative estimate of drug-likeness (QED) is 0.835. The summed E-state index contributed by atoms with van der Waals surface area (Å²) < 4.78 is 15.6. The molecule has 1 heterocycles. The van der Waals surface area contributed by atoms with Crippen LogP contribution in [0.15, 0.2) is 30.3 Å². The van der Waals surface area contributed by atoms with Gasteiger partial charge in [-0.2, -0.15) is 5.26 Å². The standard InChI is InChI=1S/C13H11N3O3/c1-17-11-7-12(15-16-13(11)18-2)19-10-5-3-4-9(6-10)8-14/h3-7H,1-2H3. The topological polar surface area (TPSA) is 77.3 Å². The summed E-state index contributed by atoms with van der Waals surface area (Å²) in [5.41, 5.74) is 0.505. The zero-order valence-corrected chi connectivity index (χ0v) is 10.5. The molecule has 0 spiro atoms. The Labute approximate surface area is 110 Å². The third-order valence-corrected chi connectivity index (χ3v) is 2.30. The largest absolute Gasteiger partial charge is 0.491 e. The summed E-state index contributed by atoms with van der Waals surface area (Å²) in [6.45, 7) is 0. The van der Waals surface area contributed by atoms with Crippen molar-refractivity contribution >= 4 is 0 Å². The van der Waals surface area contributed by atoms with Crippen LogP contribution < -0.4 is 14.2 Å². The molecule has 96 valence electrons. The first-order valence-electron chi connectivity index (χ1n) is 5.40. The molecule has 0 saturated carbocycles. The first-order valence-corrected chi connectivity index (χ1v) is 5.40. The number of hydrogen-bond acceptors (Lipinski definition) is 6. The maximum absolute atomic E-state index is 8.81. The number of nitrogens with zero attached hydrogens (tertiary/aromatic N) is 3. The summed E-state index contributed by atoms with van der Waals surface area (Å²) in [5, 5.41) is 16.5. The van der Waals surface area contributed by atoms with Crippen molar-refractivity contribution < 1.29 is 14.2 Å². The summed E-state index contributed by atoms with van der Waals surface area (Å²) in [6, 6.07) is 10.3. The van der Waals surface area contributed by atoms with Gasteiger partial charge in [-0.1, -0.05) is 6.07 Å². The van der Waals surface area contributed by atoms with Gasteiger partial charge in [0.05, 0.1) is 31.9 Å². The highest BCUT2D eigenvalue weighted by Crippen LogP contribution is 2.28. The molecule has 1 aromatic carbocycles. The van der Waals surface area contributed by atoms with Gasteiger partial charge >= 0.3 is 0 Å². The van der Waals surface area contributed by atoms with Gasteiger partial charge in [0.2, 0.25) is 5.88 Å². The second-order valence-corrected chi connectivity index (χ2v) is 3.50. The number of methoxy groups -OCH3 is 2. The number of aromatic nitrogens is 2. The molecule has 19 heavy (non-hydrogen) atoms. The van der Waals surface area contributed by atoms with Gasteiger partial charge in [0.1, 0.15) is 5.75 Å². The van der Waals surface area contributed by atoms with Gasteiger partial charge in [0.15, 0.2) is 5.75 Å². The third kappa shape index (κ3) is 2.90. The fraction of sp³-hybridized carbons (Fsp3) is 0.154. The summed E-state index contributed by atoms with van der Waals surface area (Å²) in [6.07, 6.45) is 0. The van der Waals surface area contributed by atoms with Crippen LogP contribution in [0.2, 0.25) is 0 Å². The van der Waals surface area contributed by atoms with Crippen molar-refractivity contribution in [2.75, 3.05) is 14.2 Å². The monoisotopic (exact) mass is 257 g/mol. The predicted molar refractivity (Wildman–Crippen MR) is 66.4 cm³/mol. The van der Waals surface area contributed by atoms with Crippen LogP contribution in [-0.4, -0.2) is 24.4 Å². The van der Waals surface area contributed by atoms with E-state index in [2.05, 4.69) is 10.2 Å². The molecule has 6 nitrogen and oxygen atoms in total. The van der Waals surface area contributed by atoms with E-state index in [0.29, 0.717) is 17.1 Å². The smallest absolute Gasteiger partial charge is 0.276 e. The van der Waals surface area contributed by atoms with Gasteiger partial charge in [0, 0.05) is 0 Å². The number of hydrogen-bond donors (Lipinski definition) is 0. The van der Waals surface area contributed by atoms with E-state index in [9.17, 15) is 0 Å². The number of benzene rings is 1. The average Bonchev–Trinajstić information content (AvgIpc) is 2.47. The molecule has 0 aliphatic carbocycles. The maximum Gasteiger partial charge on any atom is 0.276 e. The fourth-order valence-electron chi connectivity index (χ4n) is 1.43. The van der Waals surface area contributed by atoms with Gasteiger partial charge in [-0.15, -0.1) is 10.2 Å². The summed E-state index contributed by atoms with van der Waals surface area (Å²) in [5.74, 6) is 1.46. The van der Waals surface area contributed by atoms with E-state index in [1.165, 1.54) is 14.2 Å². The number of ether oxygens (including phenoxy) is 3. The maximum atomic E-state index is 8.81. The molecule has 0 unspecified atom stereocenters. The predicted octanol–water partition coefficient (Wildman–Crippen LogP) is 2.16. The van der Waals surface area contributed by atoms with Crippen molar-refractivity contribution in [3.8, 4) is 29.3 Å². The highest BCUT2D eigenvalue weighted by atomic mass is 16.5. The zero-order valence-electron chi connectivity index (χ0n) is 10.5. The van der Waals surface area contributed by atoms with Crippen molar-refractivity contribution in [1.29, 1.82) is 5.26 Å². The zero-order chi connectivity index (χ0) is 13.7. The molecule has 1 aromatic heterocycles. The highest BCUT2D eigenvalue weighted by molar-refractivity contribution is 5.40. The van der Waals surface area contributed by atoms with E-state index in [-0.39, 0.29) is 11.8 Å². The molecule has 0 radical (unpaired) electrons. The lowest BCUT2D eigenvalue weighted by molar-refractivity contribution is 0.331. The molecule has 6 heteroatoms. The van der Waals surface area contributed by atoms with Crippen molar-refractivity contribution in [2.45, 2.75) is 0 Å². The SMILES string of the molecule is COc1cc(Oc2cccc(C#N)c2)nnc1OC. The molecule has 0 saturated heterocycles. The number of rotatable bonds is 4. The summed E-state index contributed by atoms with van der Waals surface area (Å²) >= 11 is 0. The van der Waals surface area contributed by atoms with Gasteiger partial charge in [-0.3, -0.25) is 0 Å². The molecular weight excluding hydrogens is 246 g/mol. The minimum Gasteiger partial charge on any atom is -0.491 e. The molecular formula is C13H11N3O3. The Hall–Kier alpha value is -2.81. The first-order chi connectivity index (χ1) is 9.26. The van der Waals surface area contributed by atoms with E-state index >= 15 is 0 Å². The normalized spacial score (nSPS) is 9.53. The molecule has 2 aromatic rings. The Morgan fingerprint density at radius 1 is 1.11 bits per heavy atom. The minimum absolute atomic E-state index is 0.257. The molecule has 0 atom stereocenters. The molecule has 0 aliphatic heterocycles. The van der Waals surface area contributed by atoms with Crippen LogP contribution in [0.3, 0.4) is 0 Å². The van der Waals surface area contributed by atoms with E-state index < -0.39 is 0 Å². The molecule has 0 bridgehead atoms. The van der Waals surface area contributed by atoms with Gasteiger partial charge in [-0.25, -0.2) is 0 Å². The lowest BCUT2D eigenvalue weighted by atomic mass is 10.2. The second-order valence-electron chi connectivity index (χ2n) is 3.50. The van der Waals surface area contributed by atoms with Crippen LogP contribution in [0, 0.1) is 11.3 Å². The molecule has 0 fully saturated rings. The van der Waals surface area contributed by atoms with Crippen LogP contribution >= 0.6 is 0 Å². The van der Waals surface area contributed by atoms with Crippen LogP contribution in [0.1, 0.15) is 5.56 Å². The molecule has 0 amide bonds. The highest BCUT2D eigenvalue weighted by Gasteiger charge is 2.09. The first kappa shape index (κ1) is 12.6. The molecule has 2 rings (SSSR count). The minimum atomic E-state index is 0.257. The Morgan fingerprint density at radius 2 is 1.95 bits per heavy atom. The van der Waals surface area contributed by atoms with Gasteiger partial charge in [-0.05, 0) is 18.2 Å². The third-order valence-electron chi connectivity index (χ3n) is 2.30. The van der Waals surface area contributed by atoms with Crippen molar-refractivity contribution in [1.82, 2.24) is 10.2 Å². The molecule has 0 N–H and O–H groups in total. The Balaban J connectivity index is 2.26.